The molecule has 0 bridgehead atoms. The van der Waals surface area contributed by atoms with Crippen molar-refractivity contribution < 1.29 is 14.3 Å². The Morgan fingerprint density at radius 1 is 1.16 bits per heavy atom. The number of hydrogen-bond donors (Lipinski definition) is 1. The van der Waals surface area contributed by atoms with E-state index in [1.807, 2.05) is 33.0 Å². The highest BCUT2D eigenvalue weighted by Crippen LogP contribution is 2.28. The molecule has 2 aromatic carbocycles. The van der Waals surface area contributed by atoms with Gasteiger partial charge in [-0.05, 0) is 55.3 Å². The predicted molar refractivity (Wildman–Crippen MR) is 124 cm³/mol. The smallest absolute Gasteiger partial charge is 0.234 e. The van der Waals surface area contributed by atoms with Gasteiger partial charge in [0.05, 0.1) is 18.6 Å². The SMILES string of the molecule is COc1ccc(Cl)cc1NC(=O)CSc1nnc(COc2cc(C)c(Cl)c(C)c2)n1C. The van der Waals surface area contributed by atoms with Gasteiger partial charge in [-0.2, -0.15) is 0 Å². The monoisotopic (exact) mass is 480 g/mol. The van der Waals surface area contributed by atoms with Gasteiger partial charge < -0.3 is 19.4 Å². The van der Waals surface area contributed by atoms with Crippen LogP contribution in [0.25, 0.3) is 0 Å². The first-order valence-corrected chi connectivity index (χ1v) is 11.1. The van der Waals surface area contributed by atoms with Gasteiger partial charge in [-0.1, -0.05) is 35.0 Å². The number of amides is 1. The molecule has 0 spiro atoms. The molecule has 3 rings (SSSR count). The Hall–Kier alpha value is -2.42. The van der Waals surface area contributed by atoms with Crippen molar-refractivity contribution in [3.63, 3.8) is 0 Å². The Balaban J connectivity index is 1.58. The molecule has 0 atom stereocenters. The molecule has 0 saturated carbocycles. The number of carbonyl (C=O) groups is 1. The molecule has 1 aromatic heterocycles. The summed E-state index contributed by atoms with van der Waals surface area (Å²) in [7, 11) is 3.36. The van der Waals surface area contributed by atoms with Crippen LogP contribution in [0.2, 0.25) is 10.0 Å². The van der Waals surface area contributed by atoms with Crippen LogP contribution in [-0.2, 0) is 18.4 Å². The average Bonchev–Trinajstić information content (AvgIpc) is 3.08. The molecule has 1 amide bonds. The summed E-state index contributed by atoms with van der Waals surface area (Å²) in [6.07, 6.45) is 0. The van der Waals surface area contributed by atoms with Gasteiger partial charge in [-0.25, -0.2) is 0 Å². The number of nitrogens with one attached hydrogen (secondary N) is 1. The molecule has 0 aliphatic heterocycles. The third-order valence-corrected chi connectivity index (χ3v) is 6.32. The maximum Gasteiger partial charge on any atom is 0.234 e. The number of rotatable bonds is 8. The minimum absolute atomic E-state index is 0.151. The number of benzene rings is 2. The molecule has 0 radical (unpaired) electrons. The lowest BCUT2D eigenvalue weighted by Gasteiger charge is -2.11. The Morgan fingerprint density at radius 3 is 2.55 bits per heavy atom. The summed E-state index contributed by atoms with van der Waals surface area (Å²) in [5.41, 5.74) is 2.42. The third-order valence-electron chi connectivity index (χ3n) is 4.47. The molecular weight excluding hydrogens is 459 g/mol. The van der Waals surface area contributed by atoms with Crippen LogP contribution in [0.4, 0.5) is 5.69 Å². The van der Waals surface area contributed by atoms with Gasteiger partial charge in [0.1, 0.15) is 18.1 Å². The van der Waals surface area contributed by atoms with Crippen molar-refractivity contribution in [1.82, 2.24) is 14.8 Å². The van der Waals surface area contributed by atoms with Gasteiger partial charge in [0.2, 0.25) is 5.91 Å². The summed E-state index contributed by atoms with van der Waals surface area (Å²) in [4.78, 5) is 12.4. The quantitative estimate of drug-likeness (QED) is 0.454. The number of nitrogens with zero attached hydrogens (tertiary/aromatic N) is 3. The number of halogens is 2. The average molecular weight is 481 g/mol. The number of hydrogen-bond acceptors (Lipinski definition) is 6. The van der Waals surface area contributed by atoms with E-state index in [0.29, 0.717) is 33.2 Å². The van der Waals surface area contributed by atoms with Crippen molar-refractivity contribution in [1.29, 1.82) is 0 Å². The topological polar surface area (TPSA) is 78.3 Å². The van der Waals surface area contributed by atoms with Crippen molar-refractivity contribution in [3.05, 3.63) is 57.3 Å². The molecule has 0 aliphatic carbocycles. The molecule has 7 nitrogen and oxygen atoms in total. The van der Waals surface area contributed by atoms with Gasteiger partial charge in [-0.15, -0.1) is 10.2 Å². The van der Waals surface area contributed by atoms with Gasteiger partial charge in [0.15, 0.2) is 11.0 Å². The summed E-state index contributed by atoms with van der Waals surface area (Å²) in [5.74, 6) is 1.83. The van der Waals surface area contributed by atoms with E-state index in [4.69, 9.17) is 32.7 Å². The second-order valence-electron chi connectivity index (χ2n) is 6.80. The van der Waals surface area contributed by atoms with Gasteiger partial charge in [0, 0.05) is 17.1 Å². The molecule has 31 heavy (non-hydrogen) atoms. The highest BCUT2D eigenvalue weighted by Gasteiger charge is 2.14. The van der Waals surface area contributed by atoms with Crippen LogP contribution < -0.4 is 14.8 Å². The molecule has 0 fully saturated rings. The van der Waals surface area contributed by atoms with E-state index in [0.717, 1.165) is 16.1 Å². The summed E-state index contributed by atoms with van der Waals surface area (Å²) < 4.78 is 12.9. The fraction of sp³-hybridized carbons (Fsp3) is 0.286. The molecule has 1 N–H and O–H groups in total. The first-order chi connectivity index (χ1) is 14.8. The lowest BCUT2D eigenvalue weighted by atomic mass is 10.1. The molecular formula is C21H22Cl2N4O3S. The Kier molecular flexibility index (Phi) is 7.69. The summed E-state index contributed by atoms with van der Waals surface area (Å²) in [6, 6.07) is 8.80. The predicted octanol–water partition coefficient (Wildman–Crippen LogP) is 5.06. The van der Waals surface area contributed by atoms with Crippen LogP contribution in [0.15, 0.2) is 35.5 Å². The van der Waals surface area contributed by atoms with Crippen LogP contribution in [0.5, 0.6) is 11.5 Å². The fourth-order valence-corrected chi connectivity index (χ4v) is 3.84. The van der Waals surface area contributed by atoms with Crippen molar-refractivity contribution in [2.75, 3.05) is 18.2 Å². The Bertz CT molecular complexity index is 1080. The van der Waals surface area contributed by atoms with Crippen molar-refractivity contribution in [2.45, 2.75) is 25.6 Å². The lowest BCUT2D eigenvalue weighted by molar-refractivity contribution is -0.113. The van der Waals surface area contributed by atoms with E-state index in [1.165, 1.54) is 18.9 Å². The summed E-state index contributed by atoms with van der Waals surface area (Å²) in [6.45, 7) is 4.11. The van der Waals surface area contributed by atoms with Crippen LogP contribution in [0, 0.1) is 13.8 Å². The minimum atomic E-state index is -0.210. The Morgan fingerprint density at radius 2 is 1.87 bits per heavy atom. The normalized spacial score (nSPS) is 10.8. The maximum absolute atomic E-state index is 12.4. The van der Waals surface area contributed by atoms with Crippen molar-refractivity contribution in [2.24, 2.45) is 7.05 Å². The van der Waals surface area contributed by atoms with Gasteiger partial charge in [0.25, 0.3) is 0 Å². The number of aryl methyl sites for hydroxylation is 2. The van der Waals surface area contributed by atoms with Crippen molar-refractivity contribution in [3.8, 4) is 11.5 Å². The standard InChI is InChI=1S/C21H22Cl2N4O3S/c1-12-7-15(8-13(2)20(12)23)30-10-18-25-26-21(27(18)3)31-11-19(28)24-16-9-14(22)5-6-17(16)29-4/h5-9H,10-11H2,1-4H3,(H,24,28). The molecule has 0 saturated heterocycles. The largest absolute Gasteiger partial charge is 0.495 e. The van der Waals surface area contributed by atoms with Gasteiger partial charge in [-0.3, -0.25) is 4.79 Å². The van der Waals surface area contributed by atoms with E-state index in [-0.39, 0.29) is 18.3 Å². The first-order valence-electron chi connectivity index (χ1n) is 9.32. The zero-order valence-electron chi connectivity index (χ0n) is 17.5. The van der Waals surface area contributed by atoms with E-state index in [9.17, 15) is 4.79 Å². The number of methoxy groups -OCH3 is 1. The molecule has 3 aromatic rings. The van der Waals surface area contributed by atoms with Crippen LogP contribution in [-0.4, -0.2) is 33.5 Å². The zero-order valence-corrected chi connectivity index (χ0v) is 19.9. The van der Waals surface area contributed by atoms with E-state index in [2.05, 4.69) is 15.5 Å². The summed E-state index contributed by atoms with van der Waals surface area (Å²) in [5, 5.41) is 13.0. The number of anilines is 1. The number of aromatic nitrogens is 3. The van der Waals surface area contributed by atoms with Crippen LogP contribution in [0.3, 0.4) is 0 Å². The van der Waals surface area contributed by atoms with Crippen LogP contribution >= 0.6 is 35.0 Å². The molecule has 1 heterocycles. The van der Waals surface area contributed by atoms with E-state index in [1.54, 1.807) is 22.8 Å². The number of thioether (sulfide) groups is 1. The third kappa shape index (κ3) is 5.84. The van der Waals surface area contributed by atoms with E-state index < -0.39 is 0 Å². The van der Waals surface area contributed by atoms with Gasteiger partial charge >= 0.3 is 0 Å². The maximum atomic E-state index is 12.4. The second kappa shape index (κ2) is 10.3. The molecule has 164 valence electrons. The minimum Gasteiger partial charge on any atom is -0.495 e. The first kappa shape index (κ1) is 23.2. The number of ether oxygens (including phenoxy) is 2. The van der Waals surface area contributed by atoms with E-state index >= 15 is 0 Å². The Labute approximate surface area is 195 Å². The highest BCUT2D eigenvalue weighted by molar-refractivity contribution is 7.99. The lowest BCUT2D eigenvalue weighted by Crippen LogP contribution is -2.15. The molecule has 10 heteroatoms. The van der Waals surface area contributed by atoms with Crippen LogP contribution in [0.1, 0.15) is 17.0 Å². The summed E-state index contributed by atoms with van der Waals surface area (Å²) >= 11 is 13.5. The molecule has 0 unspecified atom stereocenters. The van der Waals surface area contributed by atoms with Crippen molar-refractivity contribution >= 4 is 46.6 Å². The molecule has 0 aliphatic rings. The highest BCUT2D eigenvalue weighted by atomic mass is 35.5. The zero-order chi connectivity index (χ0) is 22.5. The fourth-order valence-electron chi connectivity index (χ4n) is 2.83. The number of carbonyl (C=O) groups excluding carboxylic acids is 1. The second-order valence-corrected chi connectivity index (χ2v) is 8.56.